The highest BCUT2D eigenvalue weighted by atomic mass is 32.2. The summed E-state index contributed by atoms with van der Waals surface area (Å²) < 4.78 is 5.59. The van der Waals surface area contributed by atoms with Crippen LogP contribution in [0.15, 0.2) is 27.8 Å². The van der Waals surface area contributed by atoms with E-state index >= 15 is 0 Å². The molecule has 0 radical (unpaired) electrons. The number of carbonyl (C=O) groups excluding carboxylic acids is 3. The molecule has 0 atom stereocenters. The van der Waals surface area contributed by atoms with E-state index in [1.54, 1.807) is 12.3 Å². The van der Waals surface area contributed by atoms with Crippen molar-refractivity contribution >= 4 is 45.9 Å². The Morgan fingerprint density at radius 2 is 2.24 bits per heavy atom. The van der Waals surface area contributed by atoms with Gasteiger partial charge >= 0.3 is 0 Å². The number of fused-ring (bicyclic) bond motifs is 1. The molecule has 0 aromatic carbocycles. The van der Waals surface area contributed by atoms with Gasteiger partial charge in [-0.25, -0.2) is 0 Å². The number of amides is 3. The largest absolute Gasteiger partial charge is 0.456 e. The zero-order valence-electron chi connectivity index (χ0n) is 10.8. The van der Waals surface area contributed by atoms with Crippen LogP contribution >= 0.6 is 11.8 Å². The minimum absolute atomic E-state index is 0.244. The van der Waals surface area contributed by atoms with Gasteiger partial charge in [0.15, 0.2) is 5.58 Å². The Balaban J connectivity index is 2.06. The third-order valence-electron chi connectivity index (χ3n) is 2.83. The highest BCUT2D eigenvalue weighted by molar-refractivity contribution is 8.18. The van der Waals surface area contributed by atoms with Gasteiger partial charge in [-0.3, -0.25) is 24.7 Å². The van der Waals surface area contributed by atoms with Crippen LogP contribution < -0.4 is 10.6 Å². The first-order valence-electron chi connectivity index (χ1n) is 5.93. The van der Waals surface area contributed by atoms with E-state index in [4.69, 9.17) is 4.42 Å². The maximum Gasteiger partial charge on any atom is 0.290 e. The first kappa shape index (κ1) is 13.4. The molecule has 0 unspecified atom stereocenters. The SMILES string of the molecule is CNC(=O)c1cncc2cc(/C=C3/SC(=O)NC3=O)oc12. The molecule has 8 heteroatoms. The summed E-state index contributed by atoms with van der Waals surface area (Å²) in [6, 6.07) is 1.65. The molecule has 0 spiro atoms. The lowest BCUT2D eigenvalue weighted by atomic mass is 10.2. The number of rotatable bonds is 2. The van der Waals surface area contributed by atoms with E-state index in [-0.39, 0.29) is 10.8 Å². The highest BCUT2D eigenvalue weighted by Gasteiger charge is 2.25. The summed E-state index contributed by atoms with van der Waals surface area (Å²) in [6.07, 6.45) is 4.42. The quantitative estimate of drug-likeness (QED) is 0.815. The van der Waals surface area contributed by atoms with Crippen molar-refractivity contribution in [3.8, 4) is 0 Å². The fourth-order valence-electron chi connectivity index (χ4n) is 1.90. The van der Waals surface area contributed by atoms with E-state index in [1.807, 2.05) is 0 Å². The van der Waals surface area contributed by atoms with Crippen molar-refractivity contribution in [1.29, 1.82) is 0 Å². The average molecular weight is 303 g/mol. The summed E-state index contributed by atoms with van der Waals surface area (Å²) in [5.41, 5.74) is 0.685. The summed E-state index contributed by atoms with van der Waals surface area (Å²) in [5, 5.41) is 4.88. The fraction of sp³-hybridized carbons (Fsp3) is 0.0769. The number of imide groups is 1. The van der Waals surface area contributed by atoms with Gasteiger partial charge in [-0.1, -0.05) is 0 Å². The van der Waals surface area contributed by atoms with Gasteiger partial charge in [0.2, 0.25) is 0 Å². The predicted octanol–water partition coefficient (Wildman–Crippen LogP) is 1.51. The monoisotopic (exact) mass is 303 g/mol. The Morgan fingerprint density at radius 3 is 2.90 bits per heavy atom. The number of nitrogens with zero attached hydrogens (tertiary/aromatic N) is 1. The standard InChI is InChI=1S/C13H9N3O4S/c1-14-11(17)8-5-15-4-6-2-7(20-10(6)8)3-9-12(18)16-13(19)21-9/h2-5H,1H3,(H,14,17)(H,16,18,19)/b9-3+. The van der Waals surface area contributed by atoms with Crippen molar-refractivity contribution < 1.29 is 18.8 Å². The van der Waals surface area contributed by atoms with Gasteiger partial charge in [-0.15, -0.1) is 0 Å². The first-order valence-corrected chi connectivity index (χ1v) is 6.74. The molecule has 0 saturated carbocycles. The maximum absolute atomic E-state index is 11.7. The highest BCUT2D eigenvalue weighted by Crippen LogP contribution is 2.28. The molecule has 7 nitrogen and oxygen atoms in total. The number of aromatic nitrogens is 1. The van der Waals surface area contributed by atoms with E-state index in [9.17, 15) is 14.4 Å². The van der Waals surface area contributed by atoms with Crippen LogP contribution in [0, 0.1) is 0 Å². The van der Waals surface area contributed by atoms with Crippen molar-refractivity contribution in [3.05, 3.63) is 34.7 Å². The average Bonchev–Trinajstić information content (AvgIpc) is 3.00. The third kappa shape index (κ3) is 2.40. The molecule has 3 amide bonds. The molecule has 2 aromatic heterocycles. The molecule has 1 fully saturated rings. The zero-order valence-corrected chi connectivity index (χ0v) is 11.6. The number of furan rings is 1. The van der Waals surface area contributed by atoms with Gasteiger partial charge in [0.05, 0.1) is 4.91 Å². The van der Waals surface area contributed by atoms with Crippen molar-refractivity contribution in [3.63, 3.8) is 0 Å². The molecule has 21 heavy (non-hydrogen) atoms. The summed E-state index contributed by atoms with van der Waals surface area (Å²) in [7, 11) is 1.51. The Labute approximate surface area is 122 Å². The second-order valence-electron chi connectivity index (χ2n) is 4.19. The topological polar surface area (TPSA) is 101 Å². The minimum Gasteiger partial charge on any atom is -0.456 e. The zero-order chi connectivity index (χ0) is 15.0. The van der Waals surface area contributed by atoms with Gasteiger partial charge in [-0.2, -0.15) is 0 Å². The molecule has 3 rings (SSSR count). The Morgan fingerprint density at radius 1 is 1.43 bits per heavy atom. The Hall–Kier alpha value is -2.61. The van der Waals surface area contributed by atoms with Gasteiger partial charge in [0, 0.05) is 30.9 Å². The summed E-state index contributed by atoms with van der Waals surface area (Å²) >= 11 is 0.800. The van der Waals surface area contributed by atoms with Gasteiger partial charge < -0.3 is 9.73 Å². The van der Waals surface area contributed by atoms with Crippen LogP contribution in [-0.2, 0) is 4.79 Å². The lowest BCUT2D eigenvalue weighted by Crippen LogP contribution is -2.18. The molecule has 1 aliphatic rings. The molecule has 1 aliphatic heterocycles. The van der Waals surface area contributed by atoms with Crippen LogP contribution in [-0.4, -0.2) is 29.1 Å². The lowest BCUT2D eigenvalue weighted by molar-refractivity contribution is -0.115. The van der Waals surface area contributed by atoms with Gasteiger partial charge in [0.25, 0.3) is 17.1 Å². The molecule has 3 heterocycles. The molecular weight excluding hydrogens is 294 g/mol. The molecule has 106 valence electrons. The van der Waals surface area contributed by atoms with Crippen molar-refractivity contribution in [2.75, 3.05) is 7.05 Å². The Bertz CT molecular complexity index is 809. The second-order valence-corrected chi connectivity index (χ2v) is 5.20. The molecule has 0 aliphatic carbocycles. The van der Waals surface area contributed by atoms with Gasteiger partial charge in [-0.05, 0) is 17.8 Å². The minimum atomic E-state index is -0.463. The van der Waals surface area contributed by atoms with Crippen molar-refractivity contribution in [2.45, 2.75) is 0 Å². The number of hydrogen-bond donors (Lipinski definition) is 2. The summed E-state index contributed by atoms with van der Waals surface area (Å²) in [4.78, 5) is 38.5. The number of thioether (sulfide) groups is 1. The predicted molar refractivity (Wildman–Crippen MR) is 76.5 cm³/mol. The van der Waals surface area contributed by atoms with E-state index in [1.165, 1.54) is 19.3 Å². The summed E-state index contributed by atoms with van der Waals surface area (Å²) in [6.45, 7) is 0. The van der Waals surface area contributed by atoms with Crippen LogP contribution in [0.25, 0.3) is 17.0 Å². The molecule has 1 saturated heterocycles. The van der Waals surface area contributed by atoms with Crippen molar-refractivity contribution in [2.24, 2.45) is 0 Å². The maximum atomic E-state index is 11.7. The Kier molecular flexibility index (Phi) is 3.22. The van der Waals surface area contributed by atoms with E-state index in [2.05, 4.69) is 15.6 Å². The lowest BCUT2D eigenvalue weighted by Gasteiger charge is -1.98. The van der Waals surface area contributed by atoms with Crippen LogP contribution in [0.4, 0.5) is 4.79 Å². The number of hydrogen-bond acceptors (Lipinski definition) is 6. The van der Waals surface area contributed by atoms with Crippen LogP contribution in [0.2, 0.25) is 0 Å². The van der Waals surface area contributed by atoms with Crippen LogP contribution in [0.1, 0.15) is 16.1 Å². The second kappa shape index (κ2) is 5.06. The molecule has 2 N–H and O–H groups in total. The molecule has 0 bridgehead atoms. The normalized spacial score (nSPS) is 16.5. The fourth-order valence-corrected chi connectivity index (χ4v) is 2.56. The molecule has 2 aromatic rings. The summed E-state index contributed by atoms with van der Waals surface area (Å²) in [5.74, 6) is -0.407. The van der Waals surface area contributed by atoms with E-state index in [0.717, 1.165) is 11.8 Å². The number of carbonyl (C=O) groups is 3. The van der Waals surface area contributed by atoms with Crippen LogP contribution in [0.5, 0.6) is 0 Å². The van der Waals surface area contributed by atoms with E-state index in [0.29, 0.717) is 22.3 Å². The van der Waals surface area contributed by atoms with E-state index < -0.39 is 11.1 Å². The third-order valence-corrected chi connectivity index (χ3v) is 3.64. The smallest absolute Gasteiger partial charge is 0.290 e. The number of nitrogens with one attached hydrogen (secondary N) is 2. The van der Waals surface area contributed by atoms with Crippen LogP contribution in [0.3, 0.4) is 0 Å². The van der Waals surface area contributed by atoms with Crippen molar-refractivity contribution in [1.82, 2.24) is 15.6 Å². The number of pyridine rings is 1. The van der Waals surface area contributed by atoms with Gasteiger partial charge in [0.1, 0.15) is 11.3 Å². The molecular formula is C13H9N3O4S. The first-order chi connectivity index (χ1) is 10.1.